The maximum absolute atomic E-state index is 12.8. The molecular formula is C21H25N3O3S. The number of amides is 2. The Morgan fingerprint density at radius 2 is 2.07 bits per heavy atom. The molecule has 2 amide bonds. The number of thiophene rings is 1. The molecule has 1 aromatic carbocycles. The molecule has 0 saturated heterocycles. The van der Waals surface area contributed by atoms with Crippen LogP contribution in [0.3, 0.4) is 0 Å². The van der Waals surface area contributed by atoms with Crippen molar-refractivity contribution in [3.63, 3.8) is 0 Å². The highest BCUT2D eigenvalue weighted by Crippen LogP contribution is 2.48. The fourth-order valence-corrected chi connectivity index (χ4v) is 4.91. The van der Waals surface area contributed by atoms with Gasteiger partial charge in [0, 0.05) is 30.1 Å². The Morgan fingerprint density at radius 1 is 1.25 bits per heavy atom. The predicted molar refractivity (Wildman–Crippen MR) is 111 cm³/mol. The Balaban J connectivity index is 1.48. The molecule has 0 spiro atoms. The summed E-state index contributed by atoms with van der Waals surface area (Å²) >= 11 is 1.83. The number of ether oxygens (including phenoxy) is 1. The molecule has 7 heteroatoms. The van der Waals surface area contributed by atoms with E-state index in [9.17, 15) is 9.59 Å². The number of rotatable bonds is 6. The summed E-state index contributed by atoms with van der Waals surface area (Å²) in [6.45, 7) is 2.71. The zero-order chi connectivity index (χ0) is 19.7. The number of hydrogen-bond donors (Lipinski definition) is 2. The number of nitrogens with one attached hydrogen (secondary N) is 2. The Kier molecular flexibility index (Phi) is 5.37. The topological polar surface area (TPSA) is 70.7 Å². The minimum absolute atomic E-state index is 0.0670. The molecule has 148 valence electrons. The first-order valence-corrected chi connectivity index (χ1v) is 10.5. The molecule has 2 aliphatic rings. The van der Waals surface area contributed by atoms with Gasteiger partial charge >= 0.3 is 0 Å². The van der Waals surface area contributed by atoms with Crippen molar-refractivity contribution in [1.82, 2.24) is 4.90 Å². The van der Waals surface area contributed by atoms with Gasteiger partial charge in [0.1, 0.15) is 5.75 Å². The van der Waals surface area contributed by atoms with Crippen LogP contribution in [0.4, 0.5) is 11.4 Å². The van der Waals surface area contributed by atoms with Gasteiger partial charge in [0.05, 0.1) is 19.3 Å². The van der Waals surface area contributed by atoms with Gasteiger partial charge < -0.3 is 15.4 Å². The zero-order valence-corrected chi connectivity index (χ0v) is 17.0. The molecular weight excluding hydrogens is 374 g/mol. The lowest BCUT2D eigenvalue weighted by molar-refractivity contribution is -0.118. The maximum atomic E-state index is 12.8. The van der Waals surface area contributed by atoms with Gasteiger partial charge in [-0.3, -0.25) is 14.5 Å². The second-order valence-electron chi connectivity index (χ2n) is 7.45. The molecule has 1 atom stereocenters. The molecule has 0 unspecified atom stereocenters. The summed E-state index contributed by atoms with van der Waals surface area (Å²) < 4.78 is 5.36. The molecule has 1 saturated carbocycles. The Morgan fingerprint density at radius 3 is 2.79 bits per heavy atom. The van der Waals surface area contributed by atoms with Crippen LogP contribution in [0.25, 0.3) is 0 Å². The van der Waals surface area contributed by atoms with E-state index in [1.165, 1.54) is 30.2 Å². The third-order valence-electron chi connectivity index (χ3n) is 5.33. The molecule has 0 bridgehead atoms. The molecule has 0 radical (unpaired) electrons. The van der Waals surface area contributed by atoms with Gasteiger partial charge in [-0.15, -0.1) is 11.3 Å². The van der Waals surface area contributed by atoms with Crippen LogP contribution in [-0.2, 0) is 16.0 Å². The highest BCUT2D eigenvalue weighted by Gasteiger charge is 2.40. The number of nitrogens with zero attached hydrogens (tertiary/aromatic N) is 1. The Labute approximate surface area is 168 Å². The van der Waals surface area contributed by atoms with Gasteiger partial charge in [-0.1, -0.05) is 0 Å². The normalized spacial score (nSPS) is 19.0. The minimum Gasteiger partial charge on any atom is -0.495 e. The van der Waals surface area contributed by atoms with Gasteiger partial charge in [0.25, 0.3) is 0 Å². The second-order valence-corrected chi connectivity index (χ2v) is 8.45. The molecule has 2 heterocycles. The lowest BCUT2D eigenvalue weighted by atomic mass is 9.96. The Hall–Kier alpha value is -2.38. The van der Waals surface area contributed by atoms with Crippen molar-refractivity contribution in [1.29, 1.82) is 0 Å². The monoisotopic (exact) mass is 399 g/mol. The van der Waals surface area contributed by atoms with E-state index in [4.69, 9.17) is 4.74 Å². The van der Waals surface area contributed by atoms with Gasteiger partial charge in [0.2, 0.25) is 11.8 Å². The number of anilines is 2. The molecule has 4 rings (SSSR count). The van der Waals surface area contributed by atoms with Crippen molar-refractivity contribution in [3.05, 3.63) is 40.1 Å². The largest absolute Gasteiger partial charge is 0.495 e. The first-order chi connectivity index (χ1) is 13.5. The first-order valence-electron chi connectivity index (χ1n) is 9.61. The van der Waals surface area contributed by atoms with E-state index in [0.717, 1.165) is 13.0 Å². The van der Waals surface area contributed by atoms with Crippen molar-refractivity contribution in [2.24, 2.45) is 5.92 Å². The van der Waals surface area contributed by atoms with E-state index >= 15 is 0 Å². The summed E-state index contributed by atoms with van der Waals surface area (Å²) in [6.07, 6.45) is 3.49. The number of carbonyl (C=O) groups is 2. The molecule has 1 aliphatic heterocycles. The molecule has 6 nitrogen and oxygen atoms in total. The number of hydrogen-bond acceptors (Lipinski definition) is 5. The minimum atomic E-state index is -0.158. The zero-order valence-electron chi connectivity index (χ0n) is 16.2. The van der Waals surface area contributed by atoms with Crippen LogP contribution in [0.15, 0.2) is 29.6 Å². The second kappa shape index (κ2) is 7.93. The lowest BCUT2D eigenvalue weighted by Crippen LogP contribution is -2.41. The fraction of sp³-hybridized carbons (Fsp3) is 0.429. The summed E-state index contributed by atoms with van der Waals surface area (Å²) in [4.78, 5) is 27.9. The van der Waals surface area contributed by atoms with Crippen molar-refractivity contribution < 1.29 is 14.3 Å². The number of carbonyl (C=O) groups excluding carboxylic acids is 2. The predicted octanol–water partition coefficient (Wildman–Crippen LogP) is 3.66. The molecule has 1 aromatic heterocycles. The Bertz CT molecular complexity index is 891. The van der Waals surface area contributed by atoms with E-state index in [1.807, 2.05) is 11.3 Å². The van der Waals surface area contributed by atoms with E-state index in [1.54, 1.807) is 25.3 Å². The number of fused-ring (bicyclic) bond motifs is 1. The van der Waals surface area contributed by atoms with E-state index in [0.29, 0.717) is 35.6 Å². The van der Waals surface area contributed by atoms with Crippen LogP contribution in [0.1, 0.15) is 36.2 Å². The van der Waals surface area contributed by atoms with Crippen LogP contribution < -0.4 is 15.4 Å². The van der Waals surface area contributed by atoms with E-state index in [2.05, 4.69) is 27.0 Å². The van der Waals surface area contributed by atoms with Crippen molar-refractivity contribution in [2.75, 3.05) is 30.8 Å². The maximum Gasteiger partial charge on any atom is 0.238 e. The molecule has 2 aromatic rings. The van der Waals surface area contributed by atoms with Gasteiger partial charge in [0.15, 0.2) is 0 Å². The standard InChI is InChI=1S/C21H25N3O3S/c1-13(25)22-15-5-6-18(27-2)17(11-15)23-20(26)12-24-9-7-19-16(8-10-28-19)21(24)14-3-4-14/h5-6,8,10-11,14,21H,3-4,7,9,12H2,1-2H3,(H,22,25)(H,23,26)/t21-/m0/s1. The van der Waals surface area contributed by atoms with Crippen LogP contribution in [-0.4, -0.2) is 36.9 Å². The highest BCUT2D eigenvalue weighted by atomic mass is 32.1. The fourth-order valence-electron chi connectivity index (χ4n) is 4.00. The van der Waals surface area contributed by atoms with Gasteiger partial charge in [-0.25, -0.2) is 0 Å². The highest BCUT2D eigenvalue weighted by molar-refractivity contribution is 7.10. The molecule has 2 N–H and O–H groups in total. The summed E-state index contributed by atoms with van der Waals surface area (Å²) in [5.41, 5.74) is 2.60. The molecule has 1 fully saturated rings. The smallest absolute Gasteiger partial charge is 0.238 e. The average Bonchev–Trinajstić information content (AvgIpc) is 3.37. The average molecular weight is 400 g/mol. The number of benzene rings is 1. The number of methoxy groups -OCH3 is 1. The van der Waals surface area contributed by atoms with E-state index in [-0.39, 0.29) is 11.8 Å². The molecule has 1 aliphatic carbocycles. The summed E-state index contributed by atoms with van der Waals surface area (Å²) in [6, 6.07) is 7.80. The third-order valence-corrected chi connectivity index (χ3v) is 6.32. The SMILES string of the molecule is COc1ccc(NC(C)=O)cc1NC(=O)CN1CCc2sccc2[C@@H]1C1CC1. The van der Waals surface area contributed by atoms with Crippen molar-refractivity contribution in [2.45, 2.75) is 32.2 Å². The molecule has 28 heavy (non-hydrogen) atoms. The van der Waals surface area contributed by atoms with Crippen LogP contribution >= 0.6 is 11.3 Å². The summed E-state index contributed by atoms with van der Waals surface area (Å²) in [7, 11) is 1.56. The van der Waals surface area contributed by atoms with Crippen molar-refractivity contribution in [3.8, 4) is 5.75 Å². The van der Waals surface area contributed by atoms with Gasteiger partial charge in [-0.2, -0.15) is 0 Å². The van der Waals surface area contributed by atoms with Gasteiger partial charge in [-0.05, 0) is 60.4 Å². The third kappa shape index (κ3) is 4.05. The van der Waals surface area contributed by atoms with Crippen LogP contribution in [0.2, 0.25) is 0 Å². The quantitative estimate of drug-likeness (QED) is 0.778. The lowest BCUT2D eigenvalue weighted by Gasteiger charge is -2.35. The first kappa shape index (κ1) is 19.0. The summed E-state index contributed by atoms with van der Waals surface area (Å²) in [5, 5.41) is 7.87. The summed E-state index contributed by atoms with van der Waals surface area (Å²) in [5.74, 6) is 1.01. The van der Waals surface area contributed by atoms with Crippen molar-refractivity contribution >= 4 is 34.5 Å². The van der Waals surface area contributed by atoms with Crippen LogP contribution in [0.5, 0.6) is 5.75 Å². The van der Waals surface area contributed by atoms with E-state index < -0.39 is 0 Å². The van der Waals surface area contributed by atoms with Crippen LogP contribution in [0, 0.1) is 5.92 Å².